The number of hydrogen-bond donors (Lipinski definition) is 2. The van der Waals surface area contributed by atoms with E-state index < -0.39 is 0 Å². The molecule has 0 saturated heterocycles. The molecule has 1 radical (unpaired) electrons. The van der Waals surface area contributed by atoms with Crippen LogP contribution in [-0.4, -0.2) is 29.8 Å². The molecule has 2 N–H and O–H groups in total. The molecular formula is C6H7BNO3. The first-order valence-electron chi connectivity index (χ1n) is 2.98. The third-order valence-electron chi connectivity index (χ3n) is 1.27. The van der Waals surface area contributed by atoms with Gasteiger partial charge in [-0.3, -0.25) is 0 Å². The summed E-state index contributed by atoms with van der Waals surface area (Å²) in [7, 11) is 1.63. The van der Waals surface area contributed by atoms with E-state index in [4.69, 9.17) is 14.8 Å². The third kappa shape index (κ3) is 1.69. The van der Waals surface area contributed by atoms with Gasteiger partial charge in [0.1, 0.15) is 0 Å². The van der Waals surface area contributed by atoms with Crippen LogP contribution in [0.15, 0.2) is 12.3 Å². The molecule has 4 nitrogen and oxygen atoms in total. The van der Waals surface area contributed by atoms with Gasteiger partial charge in [-0.15, -0.1) is 0 Å². The summed E-state index contributed by atoms with van der Waals surface area (Å²) in [6, 6.07) is 2.05. The minimum atomic E-state index is 0. The van der Waals surface area contributed by atoms with Crippen molar-refractivity contribution < 1.29 is 14.8 Å². The fourth-order valence-corrected chi connectivity index (χ4v) is 0.772. The number of nitrogens with zero attached hydrogens (tertiary/aromatic N) is 1. The van der Waals surface area contributed by atoms with Gasteiger partial charge in [0, 0.05) is 17.3 Å². The van der Waals surface area contributed by atoms with Gasteiger partial charge in [0.05, 0.1) is 7.11 Å². The van der Waals surface area contributed by atoms with Crippen molar-refractivity contribution >= 4 is 7.69 Å². The minimum absolute atomic E-state index is 0. The van der Waals surface area contributed by atoms with Gasteiger partial charge in [-0.1, -0.05) is 0 Å². The summed E-state index contributed by atoms with van der Waals surface area (Å²) in [4.78, 5) is 3.95. The first kappa shape index (κ1) is 8.04. The van der Waals surface area contributed by atoms with Gasteiger partial charge in [0.15, 0.2) is 0 Å². The second-order valence-corrected chi connectivity index (χ2v) is 1.90. The molecule has 0 amide bonds. The number of hydrogen-bond acceptors (Lipinski definition) is 4. The van der Waals surface area contributed by atoms with Gasteiger partial charge >= 0.3 is 7.69 Å². The second-order valence-electron chi connectivity index (χ2n) is 1.90. The van der Waals surface area contributed by atoms with E-state index in [-0.39, 0.29) is 7.69 Å². The molecule has 0 spiro atoms. The predicted octanol–water partition coefficient (Wildman–Crippen LogP) is -0.424. The molecule has 0 saturated carbocycles. The highest BCUT2D eigenvalue weighted by molar-refractivity contribution is 6.13. The Morgan fingerprint density at radius 1 is 1.55 bits per heavy atom. The van der Waals surface area contributed by atoms with Crippen LogP contribution < -0.4 is 4.74 Å². The molecule has 2 aliphatic rings. The summed E-state index contributed by atoms with van der Waals surface area (Å²) in [5.41, 5.74) is 2.40. The molecule has 1 aliphatic heterocycles. The zero-order valence-electron chi connectivity index (χ0n) is 5.98. The van der Waals surface area contributed by atoms with E-state index in [1.165, 1.54) is 11.1 Å². The van der Waals surface area contributed by atoms with Gasteiger partial charge in [-0.05, 0) is 6.07 Å². The van der Waals surface area contributed by atoms with Crippen LogP contribution in [0, 0.1) is 0 Å². The van der Waals surface area contributed by atoms with E-state index in [0.29, 0.717) is 0 Å². The van der Waals surface area contributed by atoms with Gasteiger partial charge < -0.3 is 14.8 Å². The first-order valence-corrected chi connectivity index (χ1v) is 2.98. The second kappa shape index (κ2) is 3.36. The average Bonchev–Trinajstić information content (AvgIpc) is 2.66. The maximum atomic E-state index is 7.00. The predicted molar refractivity (Wildman–Crippen MR) is 40.0 cm³/mol. The molecule has 0 bridgehead atoms. The van der Waals surface area contributed by atoms with Crippen molar-refractivity contribution in [2.75, 3.05) is 7.11 Å². The van der Waals surface area contributed by atoms with Crippen molar-refractivity contribution in [2.45, 2.75) is 0 Å². The van der Waals surface area contributed by atoms with Crippen LogP contribution in [0.4, 0.5) is 0 Å². The number of pyridine rings is 1. The summed E-state index contributed by atoms with van der Waals surface area (Å²) in [6.45, 7) is 0. The maximum Gasteiger partial charge on any atom is 0.482 e. The van der Waals surface area contributed by atoms with Crippen LogP contribution in [0.5, 0.6) is 5.88 Å². The Labute approximate surface area is 64.8 Å². The Bertz CT molecular complexity index is 254. The minimum Gasteiger partial charge on any atom is -0.481 e. The Hall–Kier alpha value is -1.07. The average molecular weight is 152 g/mol. The normalized spacial score (nSPS) is 9.36. The largest absolute Gasteiger partial charge is 0.482 e. The molecule has 57 valence electrons. The lowest BCUT2D eigenvalue weighted by molar-refractivity contribution is 0.403. The molecule has 0 aromatic rings. The molecule has 1 heterocycles. The zero-order valence-corrected chi connectivity index (χ0v) is 5.98. The molecule has 5 heteroatoms. The highest BCUT2D eigenvalue weighted by atomic mass is 16.5. The van der Waals surface area contributed by atoms with Crippen LogP contribution in [-0.2, 0) is 0 Å². The van der Waals surface area contributed by atoms with E-state index in [2.05, 4.69) is 4.98 Å². The number of rotatable bonds is 1. The summed E-state index contributed by atoms with van der Waals surface area (Å²) in [5.74, 6) is 0.764. The smallest absolute Gasteiger partial charge is 0.481 e. The lowest BCUT2D eigenvalue weighted by Crippen LogP contribution is -1.79. The lowest BCUT2D eigenvalue weighted by atomic mass is 10.5. The van der Waals surface area contributed by atoms with Crippen molar-refractivity contribution in [3.63, 3.8) is 0 Å². The summed E-state index contributed by atoms with van der Waals surface area (Å²) in [6.07, 6.45) is 1.81. The van der Waals surface area contributed by atoms with Crippen LogP contribution in [0.3, 0.4) is 0 Å². The Balaban J connectivity index is 0.000000179. The van der Waals surface area contributed by atoms with Crippen molar-refractivity contribution in [3.05, 3.63) is 12.3 Å². The van der Waals surface area contributed by atoms with E-state index >= 15 is 0 Å². The van der Waals surface area contributed by atoms with Gasteiger partial charge in [-0.2, -0.15) is 0 Å². The molecule has 0 aromatic carbocycles. The maximum absolute atomic E-state index is 7.00. The number of methoxy groups -OCH3 is 1. The SMILES string of the molecule is COc1ncc2cc1-2.O[B]O. The lowest BCUT2D eigenvalue weighted by Gasteiger charge is -1.87. The Morgan fingerprint density at radius 2 is 2.18 bits per heavy atom. The quantitative estimate of drug-likeness (QED) is 0.544. The highest BCUT2D eigenvalue weighted by Gasteiger charge is 2.18. The van der Waals surface area contributed by atoms with E-state index in [9.17, 15) is 0 Å². The topological polar surface area (TPSA) is 62.6 Å². The Morgan fingerprint density at radius 3 is 2.36 bits per heavy atom. The van der Waals surface area contributed by atoms with E-state index in [0.717, 1.165) is 5.88 Å². The Kier molecular flexibility index (Phi) is 2.46. The van der Waals surface area contributed by atoms with E-state index in [1.807, 2.05) is 12.3 Å². The molecule has 0 fully saturated rings. The van der Waals surface area contributed by atoms with Crippen LogP contribution >= 0.6 is 0 Å². The molecule has 11 heavy (non-hydrogen) atoms. The monoisotopic (exact) mass is 152 g/mol. The molecule has 0 unspecified atom stereocenters. The number of fused-ring (bicyclic) bond motifs is 1. The van der Waals surface area contributed by atoms with Crippen molar-refractivity contribution in [1.29, 1.82) is 0 Å². The van der Waals surface area contributed by atoms with Crippen LogP contribution in [0.25, 0.3) is 11.1 Å². The molecule has 0 aromatic heterocycles. The van der Waals surface area contributed by atoms with Gasteiger partial charge in [0.25, 0.3) is 0 Å². The van der Waals surface area contributed by atoms with Gasteiger partial charge in [0.2, 0.25) is 5.88 Å². The van der Waals surface area contributed by atoms with Crippen molar-refractivity contribution in [3.8, 4) is 17.0 Å². The number of aromatic nitrogens is 1. The molecule has 0 atom stereocenters. The zero-order chi connectivity index (χ0) is 8.27. The van der Waals surface area contributed by atoms with E-state index in [1.54, 1.807) is 7.11 Å². The summed E-state index contributed by atoms with van der Waals surface area (Å²) >= 11 is 0. The first-order chi connectivity index (χ1) is 5.33. The standard InChI is InChI=1S/C6H5NO.BH2O2/c1-8-6-5-2-4(5)3-7-6;2-1-3/h2-3H,1H3;2-3H. The van der Waals surface area contributed by atoms with Crippen LogP contribution in [0.2, 0.25) is 0 Å². The van der Waals surface area contributed by atoms with Crippen LogP contribution in [0.1, 0.15) is 0 Å². The summed E-state index contributed by atoms with van der Waals surface area (Å²) in [5, 5.41) is 14.0. The molecule has 1 aliphatic carbocycles. The third-order valence-corrected chi connectivity index (χ3v) is 1.27. The molecule has 2 rings (SSSR count). The van der Waals surface area contributed by atoms with Crippen molar-refractivity contribution in [2.24, 2.45) is 0 Å². The number of ether oxygens (including phenoxy) is 1. The fraction of sp³-hybridized carbons (Fsp3) is 0.167. The fourth-order valence-electron chi connectivity index (χ4n) is 0.772. The molecular weight excluding hydrogens is 145 g/mol. The summed E-state index contributed by atoms with van der Waals surface area (Å²) < 4.78 is 4.89. The van der Waals surface area contributed by atoms with Gasteiger partial charge in [-0.25, -0.2) is 4.98 Å². The van der Waals surface area contributed by atoms with Crippen molar-refractivity contribution in [1.82, 2.24) is 4.98 Å². The highest BCUT2D eigenvalue weighted by Crippen LogP contribution is 2.40.